The van der Waals surface area contributed by atoms with Crippen LogP contribution in [0.2, 0.25) is 0 Å². The number of rotatable bonds is 0. The van der Waals surface area contributed by atoms with Gasteiger partial charge < -0.3 is 4.74 Å². The molecule has 0 radical (unpaired) electrons. The van der Waals surface area contributed by atoms with E-state index in [2.05, 4.69) is 72.8 Å². The van der Waals surface area contributed by atoms with Crippen LogP contribution < -0.4 is 0 Å². The van der Waals surface area contributed by atoms with Crippen molar-refractivity contribution in [1.82, 2.24) is 0 Å². The molecule has 0 aromatic heterocycles. The Hall–Kier alpha value is -2.38. The quantitative estimate of drug-likeness (QED) is 0.594. The summed E-state index contributed by atoms with van der Waals surface area (Å²) in [5.41, 5.74) is 7.53. The molecule has 106 valence electrons. The van der Waals surface area contributed by atoms with Crippen LogP contribution in [0.3, 0.4) is 0 Å². The standard InChI is InChI=1S/C21H16O/c1-4-10-18-15(7-1)13-16-8-2-5-11-19(16)21(18)20-12-6-3-9-17(20)14-22-21/h1-12H,13-14H2. The van der Waals surface area contributed by atoms with Gasteiger partial charge in [-0.05, 0) is 39.8 Å². The van der Waals surface area contributed by atoms with E-state index in [-0.39, 0.29) is 0 Å². The zero-order chi connectivity index (χ0) is 14.6. The minimum absolute atomic E-state index is 0.429. The third-order valence-corrected chi connectivity index (χ3v) is 5.02. The molecule has 0 amide bonds. The monoisotopic (exact) mass is 284 g/mol. The summed E-state index contributed by atoms with van der Waals surface area (Å²) in [6.07, 6.45) is 0.986. The molecule has 3 aromatic rings. The van der Waals surface area contributed by atoms with Crippen molar-refractivity contribution >= 4 is 0 Å². The van der Waals surface area contributed by atoms with Crippen LogP contribution in [0.5, 0.6) is 0 Å². The smallest absolute Gasteiger partial charge is 0.145 e. The highest BCUT2D eigenvalue weighted by atomic mass is 16.5. The van der Waals surface area contributed by atoms with Crippen LogP contribution in [0.4, 0.5) is 0 Å². The zero-order valence-corrected chi connectivity index (χ0v) is 12.3. The summed E-state index contributed by atoms with van der Waals surface area (Å²) in [4.78, 5) is 0. The summed E-state index contributed by atoms with van der Waals surface area (Å²) in [6.45, 7) is 0.679. The zero-order valence-electron chi connectivity index (χ0n) is 12.3. The lowest BCUT2D eigenvalue weighted by atomic mass is 9.71. The number of ether oxygens (including phenoxy) is 1. The van der Waals surface area contributed by atoms with Gasteiger partial charge in [0.05, 0.1) is 6.61 Å². The third kappa shape index (κ3) is 1.42. The van der Waals surface area contributed by atoms with Crippen molar-refractivity contribution < 1.29 is 4.74 Å². The van der Waals surface area contributed by atoms with E-state index >= 15 is 0 Å². The maximum atomic E-state index is 6.50. The van der Waals surface area contributed by atoms with Gasteiger partial charge in [-0.2, -0.15) is 0 Å². The minimum atomic E-state index is -0.429. The van der Waals surface area contributed by atoms with Crippen LogP contribution in [0.25, 0.3) is 0 Å². The fourth-order valence-corrected chi connectivity index (χ4v) is 4.09. The molecule has 0 atom stereocenters. The molecule has 22 heavy (non-hydrogen) atoms. The maximum Gasteiger partial charge on any atom is 0.145 e. The van der Waals surface area contributed by atoms with E-state index in [1.165, 1.54) is 33.4 Å². The summed E-state index contributed by atoms with van der Waals surface area (Å²) in [5.74, 6) is 0. The van der Waals surface area contributed by atoms with E-state index in [4.69, 9.17) is 4.74 Å². The van der Waals surface area contributed by atoms with Gasteiger partial charge in [-0.15, -0.1) is 0 Å². The second kappa shape index (κ2) is 4.31. The normalized spacial score (nSPS) is 16.9. The molecule has 1 heterocycles. The molecule has 0 N–H and O–H groups in total. The molecule has 0 bridgehead atoms. The molecule has 0 saturated heterocycles. The van der Waals surface area contributed by atoms with Crippen LogP contribution in [0.1, 0.15) is 33.4 Å². The summed E-state index contributed by atoms with van der Waals surface area (Å²) >= 11 is 0. The molecule has 5 rings (SSSR count). The first-order chi connectivity index (χ1) is 10.9. The second-order valence-corrected chi connectivity index (χ2v) is 6.12. The van der Waals surface area contributed by atoms with Crippen molar-refractivity contribution in [3.63, 3.8) is 0 Å². The largest absolute Gasteiger partial charge is 0.356 e. The highest BCUT2D eigenvalue weighted by Gasteiger charge is 2.47. The van der Waals surface area contributed by atoms with Gasteiger partial charge in [0.1, 0.15) is 5.60 Å². The van der Waals surface area contributed by atoms with E-state index in [0.717, 1.165) is 6.42 Å². The van der Waals surface area contributed by atoms with E-state index < -0.39 is 5.60 Å². The Kier molecular flexibility index (Phi) is 2.39. The SMILES string of the molecule is c1ccc2c(c1)COC21c2ccccc2Cc2ccccc21. The first-order valence-corrected chi connectivity index (χ1v) is 7.79. The first-order valence-electron chi connectivity index (χ1n) is 7.79. The van der Waals surface area contributed by atoms with Gasteiger partial charge in [-0.1, -0.05) is 72.8 Å². The fourth-order valence-electron chi connectivity index (χ4n) is 4.09. The van der Waals surface area contributed by atoms with Gasteiger partial charge >= 0.3 is 0 Å². The molecular formula is C21H16O. The Balaban J connectivity index is 1.91. The van der Waals surface area contributed by atoms with E-state index in [1.807, 2.05) is 0 Å². The van der Waals surface area contributed by atoms with Crippen LogP contribution in [-0.4, -0.2) is 0 Å². The van der Waals surface area contributed by atoms with Crippen molar-refractivity contribution in [3.05, 3.63) is 106 Å². The lowest BCUT2D eigenvalue weighted by molar-refractivity contribution is 0.0240. The molecule has 1 spiro atoms. The molecule has 1 aliphatic heterocycles. The van der Waals surface area contributed by atoms with Crippen LogP contribution in [-0.2, 0) is 23.4 Å². The van der Waals surface area contributed by atoms with Gasteiger partial charge in [0, 0.05) is 0 Å². The summed E-state index contributed by atoms with van der Waals surface area (Å²) in [5, 5.41) is 0. The molecule has 1 heteroatoms. The summed E-state index contributed by atoms with van der Waals surface area (Å²) in [7, 11) is 0. The molecule has 0 saturated carbocycles. The Morgan fingerprint density at radius 2 is 1.05 bits per heavy atom. The molecule has 0 fully saturated rings. The third-order valence-electron chi connectivity index (χ3n) is 5.02. The fraction of sp³-hybridized carbons (Fsp3) is 0.143. The lowest BCUT2D eigenvalue weighted by Crippen LogP contribution is -2.34. The molecular weight excluding hydrogens is 268 g/mol. The Labute approximate surface area is 130 Å². The number of benzene rings is 3. The molecule has 1 nitrogen and oxygen atoms in total. The Bertz CT molecular complexity index is 833. The Morgan fingerprint density at radius 3 is 1.64 bits per heavy atom. The maximum absolute atomic E-state index is 6.50. The van der Waals surface area contributed by atoms with Crippen LogP contribution >= 0.6 is 0 Å². The first kappa shape index (κ1) is 12.2. The van der Waals surface area contributed by atoms with Gasteiger partial charge in [-0.3, -0.25) is 0 Å². The van der Waals surface area contributed by atoms with Crippen LogP contribution in [0, 0.1) is 0 Å². The van der Waals surface area contributed by atoms with Crippen molar-refractivity contribution in [2.45, 2.75) is 18.6 Å². The predicted octanol–water partition coefficient (Wildman–Crippen LogP) is 4.41. The summed E-state index contributed by atoms with van der Waals surface area (Å²) in [6, 6.07) is 26.1. The van der Waals surface area contributed by atoms with Crippen LogP contribution in [0.15, 0.2) is 72.8 Å². The molecule has 3 aromatic carbocycles. The second-order valence-electron chi connectivity index (χ2n) is 6.12. The topological polar surface area (TPSA) is 9.23 Å². The average molecular weight is 284 g/mol. The molecule has 0 unspecified atom stereocenters. The van der Waals surface area contributed by atoms with Crippen molar-refractivity contribution in [3.8, 4) is 0 Å². The Morgan fingerprint density at radius 1 is 0.591 bits per heavy atom. The van der Waals surface area contributed by atoms with Crippen molar-refractivity contribution in [1.29, 1.82) is 0 Å². The van der Waals surface area contributed by atoms with E-state index in [1.54, 1.807) is 0 Å². The number of hydrogen-bond acceptors (Lipinski definition) is 1. The van der Waals surface area contributed by atoms with Gasteiger partial charge in [0.15, 0.2) is 0 Å². The number of fused-ring (bicyclic) bond motifs is 6. The van der Waals surface area contributed by atoms with E-state index in [0.29, 0.717) is 6.61 Å². The predicted molar refractivity (Wildman–Crippen MR) is 86.8 cm³/mol. The van der Waals surface area contributed by atoms with E-state index in [9.17, 15) is 0 Å². The summed E-state index contributed by atoms with van der Waals surface area (Å²) < 4.78 is 6.50. The molecule has 2 aliphatic rings. The van der Waals surface area contributed by atoms with Gasteiger partial charge in [0.25, 0.3) is 0 Å². The van der Waals surface area contributed by atoms with Crippen molar-refractivity contribution in [2.24, 2.45) is 0 Å². The van der Waals surface area contributed by atoms with Gasteiger partial charge in [0.2, 0.25) is 0 Å². The number of hydrogen-bond donors (Lipinski definition) is 0. The van der Waals surface area contributed by atoms with Crippen molar-refractivity contribution in [2.75, 3.05) is 0 Å². The molecule has 1 aliphatic carbocycles. The minimum Gasteiger partial charge on any atom is -0.356 e. The highest BCUT2D eigenvalue weighted by Crippen LogP contribution is 2.51. The lowest BCUT2D eigenvalue weighted by Gasteiger charge is -2.38. The van der Waals surface area contributed by atoms with Gasteiger partial charge in [-0.25, -0.2) is 0 Å². The highest BCUT2D eigenvalue weighted by molar-refractivity contribution is 5.60. The average Bonchev–Trinajstić information content (AvgIpc) is 2.96.